The molecule has 2 aromatic carbocycles. The third-order valence-electron chi connectivity index (χ3n) is 4.63. The van der Waals surface area contributed by atoms with Gasteiger partial charge in [0.2, 0.25) is 0 Å². The number of hydrogen-bond acceptors (Lipinski definition) is 6. The van der Waals surface area contributed by atoms with Crippen LogP contribution in [0.4, 0.5) is 24.5 Å². The lowest BCUT2D eigenvalue weighted by Gasteiger charge is -2.31. The van der Waals surface area contributed by atoms with Crippen LogP contribution in [-0.4, -0.2) is 50.5 Å². The molecule has 0 atom stereocenters. The number of thioether (sulfide) groups is 1. The van der Waals surface area contributed by atoms with Crippen LogP contribution in [0.2, 0.25) is 0 Å². The first-order valence-corrected chi connectivity index (χ1v) is 11.0. The van der Waals surface area contributed by atoms with E-state index in [0.717, 1.165) is 17.0 Å². The lowest BCUT2D eigenvalue weighted by molar-refractivity contribution is -0.146. The van der Waals surface area contributed by atoms with Crippen LogP contribution in [0.3, 0.4) is 0 Å². The van der Waals surface area contributed by atoms with E-state index < -0.39 is 30.2 Å². The Morgan fingerprint density at radius 2 is 1.81 bits per heavy atom. The van der Waals surface area contributed by atoms with Crippen LogP contribution in [0.1, 0.15) is 12.0 Å². The Labute approximate surface area is 188 Å². The van der Waals surface area contributed by atoms with E-state index in [0.29, 0.717) is 37.7 Å². The lowest BCUT2D eigenvalue weighted by atomic mass is 10.1. The van der Waals surface area contributed by atoms with Gasteiger partial charge in [-0.1, -0.05) is 18.2 Å². The van der Waals surface area contributed by atoms with Crippen molar-refractivity contribution < 1.29 is 32.2 Å². The molecule has 0 bridgehead atoms. The Morgan fingerprint density at radius 1 is 1.09 bits per heavy atom. The molecule has 1 aliphatic heterocycles. The number of esters is 1. The fourth-order valence-corrected chi connectivity index (χ4v) is 3.92. The molecule has 32 heavy (non-hydrogen) atoms. The van der Waals surface area contributed by atoms with Crippen LogP contribution in [0, 0.1) is 0 Å². The molecule has 0 aromatic heterocycles. The molecule has 1 fully saturated rings. The van der Waals surface area contributed by atoms with Gasteiger partial charge in [-0.15, -0.1) is 11.8 Å². The Balaban J connectivity index is 1.56. The summed E-state index contributed by atoms with van der Waals surface area (Å²) in [5.74, 6) is -0.775. The van der Waals surface area contributed by atoms with Crippen molar-refractivity contribution >= 4 is 35.0 Å². The molecule has 1 N–H and O–H groups in total. The number of amides is 1. The fourth-order valence-electron chi connectivity index (χ4n) is 3.07. The summed E-state index contributed by atoms with van der Waals surface area (Å²) in [6.07, 6.45) is -4.44. The van der Waals surface area contributed by atoms with Gasteiger partial charge in [-0.25, -0.2) is 0 Å². The number of carbonyl (C=O) groups is 2. The molecule has 2 aromatic rings. The highest BCUT2D eigenvalue weighted by Crippen LogP contribution is 2.35. The fraction of sp³-hybridized carbons (Fsp3) is 0.364. The minimum atomic E-state index is -4.55. The predicted molar refractivity (Wildman–Crippen MR) is 116 cm³/mol. The average molecular weight is 468 g/mol. The second-order valence-corrected chi connectivity index (χ2v) is 8.12. The Kier molecular flexibility index (Phi) is 8.40. The summed E-state index contributed by atoms with van der Waals surface area (Å²) in [7, 11) is 0. The van der Waals surface area contributed by atoms with Gasteiger partial charge in [0.1, 0.15) is 0 Å². The predicted octanol–water partition coefficient (Wildman–Crippen LogP) is 4.21. The van der Waals surface area contributed by atoms with Crippen LogP contribution >= 0.6 is 11.8 Å². The monoisotopic (exact) mass is 468 g/mol. The lowest BCUT2D eigenvalue weighted by Crippen LogP contribution is -2.37. The number of nitrogens with one attached hydrogen (secondary N) is 1. The number of hydrogen-bond donors (Lipinski definition) is 1. The van der Waals surface area contributed by atoms with E-state index >= 15 is 0 Å². The molecule has 1 heterocycles. The van der Waals surface area contributed by atoms with Gasteiger partial charge in [0.15, 0.2) is 6.61 Å². The van der Waals surface area contributed by atoms with E-state index in [-0.39, 0.29) is 12.1 Å². The number of ether oxygens (including phenoxy) is 2. The van der Waals surface area contributed by atoms with Gasteiger partial charge in [0.05, 0.1) is 36.6 Å². The van der Waals surface area contributed by atoms with Gasteiger partial charge in [-0.2, -0.15) is 13.2 Å². The maximum atomic E-state index is 13.2. The SMILES string of the molecule is O=C(COC(=O)CCSc1ccccc1)Nc1cc(C(F)(F)F)ccc1N1CCOCC1. The summed E-state index contributed by atoms with van der Waals surface area (Å²) in [5.41, 5.74) is -0.401. The number of rotatable bonds is 8. The molecule has 172 valence electrons. The molecule has 6 nitrogen and oxygen atoms in total. The summed E-state index contributed by atoms with van der Waals surface area (Å²) in [4.78, 5) is 27.0. The second kappa shape index (κ2) is 11.2. The molecular formula is C22H23F3N2O4S. The minimum absolute atomic E-state index is 0.0161. The topological polar surface area (TPSA) is 67.9 Å². The molecule has 1 saturated heterocycles. The van der Waals surface area contributed by atoms with Gasteiger partial charge in [0.25, 0.3) is 5.91 Å². The van der Waals surface area contributed by atoms with Gasteiger partial charge in [-0.05, 0) is 30.3 Å². The standard InChI is InChI=1S/C22H23F3N2O4S/c23-22(24,25)16-6-7-19(27-9-11-30-12-10-27)18(14-16)26-20(28)15-31-21(29)8-13-32-17-4-2-1-3-5-17/h1-7,14H,8-13,15H2,(H,26,28). The minimum Gasteiger partial charge on any atom is -0.456 e. The number of alkyl halides is 3. The van der Waals surface area contributed by atoms with Crippen molar-refractivity contribution in [1.29, 1.82) is 0 Å². The third kappa shape index (κ3) is 7.16. The number of carbonyl (C=O) groups excluding carboxylic acids is 2. The first-order valence-electron chi connectivity index (χ1n) is 10.0. The molecule has 1 aliphatic rings. The van der Waals surface area contributed by atoms with Crippen molar-refractivity contribution in [1.82, 2.24) is 0 Å². The Bertz CT molecular complexity index is 919. The molecule has 10 heteroatoms. The number of halogens is 3. The quantitative estimate of drug-likeness (QED) is 0.463. The highest BCUT2D eigenvalue weighted by atomic mass is 32.2. The van der Waals surface area contributed by atoms with E-state index in [2.05, 4.69) is 5.32 Å². The molecule has 1 amide bonds. The summed E-state index contributed by atoms with van der Waals surface area (Å²) in [6.45, 7) is 1.28. The largest absolute Gasteiger partial charge is 0.456 e. The number of morpholine rings is 1. The third-order valence-corrected chi connectivity index (χ3v) is 5.65. The zero-order chi connectivity index (χ0) is 23.0. The summed E-state index contributed by atoms with van der Waals surface area (Å²) in [5, 5.41) is 2.45. The van der Waals surface area contributed by atoms with Crippen molar-refractivity contribution in [3.05, 3.63) is 54.1 Å². The first kappa shape index (κ1) is 23.9. The zero-order valence-corrected chi connectivity index (χ0v) is 18.0. The normalized spacial score (nSPS) is 14.2. The molecule has 0 saturated carbocycles. The van der Waals surface area contributed by atoms with Gasteiger partial charge in [-0.3, -0.25) is 9.59 Å². The molecule has 0 radical (unpaired) electrons. The number of benzene rings is 2. The molecule has 0 spiro atoms. The van der Waals surface area contributed by atoms with Crippen molar-refractivity contribution in [2.75, 3.05) is 48.9 Å². The van der Waals surface area contributed by atoms with E-state index in [1.54, 1.807) is 0 Å². The van der Waals surface area contributed by atoms with E-state index in [9.17, 15) is 22.8 Å². The Morgan fingerprint density at radius 3 is 2.50 bits per heavy atom. The van der Waals surface area contributed by atoms with Gasteiger partial charge in [0, 0.05) is 23.7 Å². The molecular weight excluding hydrogens is 445 g/mol. The van der Waals surface area contributed by atoms with Crippen LogP contribution < -0.4 is 10.2 Å². The van der Waals surface area contributed by atoms with Crippen molar-refractivity contribution in [2.45, 2.75) is 17.5 Å². The van der Waals surface area contributed by atoms with Crippen molar-refractivity contribution in [3.8, 4) is 0 Å². The summed E-state index contributed by atoms with van der Waals surface area (Å²) < 4.78 is 49.7. The van der Waals surface area contributed by atoms with E-state index in [4.69, 9.17) is 9.47 Å². The van der Waals surface area contributed by atoms with Crippen LogP contribution in [-0.2, 0) is 25.2 Å². The van der Waals surface area contributed by atoms with E-state index in [1.165, 1.54) is 17.8 Å². The summed E-state index contributed by atoms with van der Waals surface area (Å²) in [6, 6.07) is 12.7. The number of anilines is 2. The molecule has 3 rings (SSSR count). The van der Waals surface area contributed by atoms with E-state index in [1.807, 2.05) is 35.2 Å². The van der Waals surface area contributed by atoms with Crippen LogP contribution in [0.5, 0.6) is 0 Å². The maximum absolute atomic E-state index is 13.2. The van der Waals surface area contributed by atoms with Gasteiger partial charge >= 0.3 is 12.1 Å². The number of nitrogens with zero attached hydrogens (tertiary/aromatic N) is 1. The van der Waals surface area contributed by atoms with Crippen LogP contribution in [0.15, 0.2) is 53.4 Å². The first-order chi connectivity index (χ1) is 15.3. The zero-order valence-electron chi connectivity index (χ0n) is 17.2. The van der Waals surface area contributed by atoms with Gasteiger partial charge < -0.3 is 19.7 Å². The second-order valence-electron chi connectivity index (χ2n) is 6.95. The molecule has 0 unspecified atom stereocenters. The maximum Gasteiger partial charge on any atom is 0.416 e. The van der Waals surface area contributed by atoms with Crippen LogP contribution in [0.25, 0.3) is 0 Å². The van der Waals surface area contributed by atoms with Crippen molar-refractivity contribution in [2.24, 2.45) is 0 Å². The highest BCUT2D eigenvalue weighted by molar-refractivity contribution is 7.99. The Hall–Kier alpha value is -2.72. The highest BCUT2D eigenvalue weighted by Gasteiger charge is 2.32. The molecule has 0 aliphatic carbocycles. The summed E-state index contributed by atoms with van der Waals surface area (Å²) >= 11 is 1.48. The smallest absolute Gasteiger partial charge is 0.416 e. The van der Waals surface area contributed by atoms with Crippen molar-refractivity contribution in [3.63, 3.8) is 0 Å². The average Bonchev–Trinajstić information content (AvgIpc) is 2.78.